The smallest absolute Gasteiger partial charge is 0.186 e. The van der Waals surface area contributed by atoms with Crippen molar-refractivity contribution >= 4 is 38.8 Å². The van der Waals surface area contributed by atoms with E-state index in [0.29, 0.717) is 10.6 Å². The number of aryl methyl sites for hydroxylation is 1. The Morgan fingerprint density at radius 3 is 2.43 bits per heavy atom. The third-order valence-electron chi connectivity index (χ3n) is 2.98. The van der Waals surface area contributed by atoms with E-state index in [1.165, 1.54) is 24.3 Å². The van der Waals surface area contributed by atoms with Crippen LogP contribution in [0.25, 0.3) is 0 Å². The molecule has 0 spiro atoms. The van der Waals surface area contributed by atoms with Crippen LogP contribution in [0.4, 0.5) is 0 Å². The Labute approximate surface area is 133 Å². The molecule has 0 aliphatic rings. The van der Waals surface area contributed by atoms with Crippen molar-refractivity contribution in [2.75, 3.05) is 5.75 Å². The highest BCUT2D eigenvalue weighted by Crippen LogP contribution is 2.23. The molecular weight excluding hydrogens is 331 g/mol. The van der Waals surface area contributed by atoms with E-state index in [2.05, 4.69) is 0 Å². The molecule has 0 unspecified atom stereocenters. The van der Waals surface area contributed by atoms with Crippen LogP contribution in [0, 0.1) is 6.92 Å². The monoisotopic (exact) mass is 342 g/mol. The predicted molar refractivity (Wildman–Crippen MR) is 84.0 cm³/mol. The van der Waals surface area contributed by atoms with Gasteiger partial charge in [0.15, 0.2) is 15.6 Å². The fourth-order valence-corrected chi connectivity index (χ4v) is 3.84. The molecule has 0 saturated carbocycles. The van der Waals surface area contributed by atoms with Crippen LogP contribution in [0.15, 0.2) is 47.4 Å². The minimum Gasteiger partial charge on any atom is -0.293 e. The van der Waals surface area contributed by atoms with E-state index in [9.17, 15) is 13.2 Å². The van der Waals surface area contributed by atoms with Crippen LogP contribution in [0.3, 0.4) is 0 Å². The van der Waals surface area contributed by atoms with Crippen molar-refractivity contribution in [3.63, 3.8) is 0 Å². The number of sulfone groups is 1. The maximum Gasteiger partial charge on any atom is 0.186 e. The van der Waals surface area contributed by atoms with Gasteiger partial charge in [0.05, 0.1) is 9.92 Å². The molecule has 2 aromatic carbocycles. The van der Waals surface area contributed by atoms with Crippen molar-refractivity contribution in [2.24, 2.45) is 0 Å². The van der Waals surface area contributed by atoms with Crippen molar-refractivity contribution in [3.05, 3.63) is 63.6 Å². The molecule has 0 bridgehead atoms. The van der Waals surface area contributed by atoms with Gasteiger partial charge in [-0.1, -0.05) is 41.4 Å². The maximum atomic E-state index is 12.3. The van der Waals surface area contributed by atoms with Crippen molar-refractivity contribution in [3.8, 4) is 0 Å². The van der Waals surface area contributed by atoms with Gasteiger partial charge in [0, 0.05) is 10.6 Å². The Balaban J connectivity index is 2.35. The molecule has 2 rings (SSSR count). The fourth-order valence-electron chi connectivity index (χ4n) is 1.94. The van der Waals surface area contributed by atoms with Crippen LogP contribution in [-0.2, 0) is 9.84 Å². The number of carbonyl (C=O) groups is 1. The summed E-state index contributed by atoms with van der Waals surface area (Å²) in [6.45, 7) is 1.68. The Bertz CT molecular complexity index is 798. The number of benzene rings is 2. The topological polar surface area (TPSA) is 51.2 Å². The molecule has 110 valence electrons. The van der Waals surface area contributed by atoms with Gasteiger partial charge in [0.1, 0.15) is 5.75 Å². The lowest BCUT2D eigenvalue weighted by Crippen LogP contribution is -2.17. The van der Waals surface area contributed by atoms with E-state index >= 15 is 0 Å². The molecule has 3 nitrogen and oxygen atoms in total. The van der Waals surface area contributed by atoms with Gasteiger partial charge in [-0.15, -0.1) is 0 Å². The fraction of sp³-hybridized carbons (Fsp3) is 0.133. The van der Waals surface area contributed by atoms with Gasteiger partial charge in [-0.3, -0.25) is 4.79 Å². The first-order chi connectivity index (χ1) is 9.81. The lowest BCUT2D eigenvalue weighted by atomic mass is 10.1. The van der Waals surface area contributed by atoms with E-state index in [1.54, 1.807) is 25.1 Å². The van der Waals surface area contributed by atoms with E-state index in [1.807, 2.05) is 0 Å². The number of hydrogen-bond donors (Lipinski definition) is 0. The maximum absolute atomic E-state index is 12.3. The molecule has 0 heterocycles. The molecule has 0 aliphatic carbocycles. The molecule has 0 aliphatic heterocycles. The Morgan fingerprint density at radius 2 is 1.76 bits per heavy atom. The van der Waals surface area contributed by atoms with Crippen molar-refractivity contribution < 1.29 is 13.2 Å². The largest absolute Gasteiger partial charge is 0.293 e. The summed E-state index contributed by atoms with van der Waals surface area (Å²) >= 11 is 11.7. The summed E-state index contributed by atoms with van der Waals surface area (Å²) in [5.74, 6) is -1.22. The molecule has 0 N–H and O–H groups in total. The average Bonchev–Trinajstić information content (AvgIpc) is 2.41. The molecule has 0 amide bonds. The van der Waals surface area contributed by atoms with E-state index in [-0.39, 0.29) is 15.5 Å². The summed E-state index contributed by atoms with van der Waals surface area (Å²) in [5, 5.41) is 0.514. The van der Waals surface area contributed by atoms with Crippen LogP contribution < -0.4 is 0 Å². The minimum absolute atomic E-state index is 0.112. The number of carbonyl (C=O) groups excluding carboxylic acids is 1. The summed E-state index contributed by atoms with van der Waals surface area (Å²) in [4.78, 5) is 12.3. The first kappa shape index (κ1) is 16.0. The van der Waals surface area contributed by atoms with Gasteiger partial charge in [-0.05, 0) is 36.8 Å². The van der Waals surface area contributed by atoms with Crippen LogP contribution in [0.1, 0.15) is 15.9 Å². The lowest BCUT2D eigenvalue weighted by Gasteiger charge is -2.08. The Kier molecular flexibility index (Phi) is 4.71. The first-order valence-electron chi connectivity index (χ1n) is 6.08. The standard InChI is InChI=1S/C15H12Cl2O3S/c1-10-4-2-3-5-15(10)21(19,20)9-14(18)12-8-11(16)6-7-13(12)17/h2-8H,9H2,1H3. The first-order valence-corrected chi connectivity index (χ1v) is 8.49. The average molecular weight is 343 g/mol. The Morgan fingerprint density at radius 1 is 1.10 bits per heavy atom. The second-order valence-corrected chi connectivity index (χ2v) is 7.37. The summed E-state index contributed by atoms with van der Waals surface area (Å²) in [6, 6.07) is 10.9. The van der Waals surface area contributed by atoms with Crippen molar-refractivity contribution in [1.29, 1.82) is 0 Å². The molecule has 0 atom stereocenters. The van der Waals surface area contributed by atoms with E-state index < -0.39 is 21.4 Å². The van der Waals surface area contributed by atoms with E-state index in [4.69, 9.17) is 23.2 Å². The second-order valence-electron chi connectivity index (χ2n) is 4.57. The zero-order chi connectivity index (χ0) is 15.6. The summed E-state index contributed by atoms with van der Waals surface area (Å²) in [7, 11) is -3.72. The van der Waals surface area contributed by atoms with Crippen LogP contribution in [0.2, 0.25) is 10.0 Å². The van der Waals surface area contributed by atoms with Crippen molar-refractivity contribution in [1.82, 2.24) is 0 Å². The van der Waals surface area contributed by atoms with Crippen LogP contribution in [0.5, 0.6) is 0 Å². The molecule has 6 heteroatoms. The lowest BCUT2D eigenvalue weighted by molar-refractivity contribution is 0.102. The number of rotatable bonds is 4. The summed E-state index contributed by atoms with van der Waals surface area (Å²) in [6.07, 6.45) is 0. The number of halogens is 2. The van der Waals surface area contributed by atoms with Crippen LogP contribution in [-0.4, -0.2) is 20.0 Å². The summed E-state index contributed by atoms with van der Waals surface area (Å²) in [5.41, 5.74) is 0.712. The molecular formula is C15H12Cl2O3S. The van der Waals surface area contributed by atoms with Gasteiger partial charge in [-0.25, -0.2) is 8.42 Å². The second kappa shape index (κ2) is 6.18. The van der Waals surface area contributed by atoms with Gasteiger partial charge < -0.3 is 0 Å². The third-order valence-corrected chi connectivity index (χ3v) is 5.31. The highest BCUT2D eigenvalue weighted by molar-refractivity contribution is 7.92. The van der Waals surface area contributed by atoms with Gasteiger partial charge in [0.25, 0.3) is 0 Å². The predicted octanol–water partition coefficient (Wildman–Crippen LogP) is 3.96. The molecule has 0 saturated heterocycles. The van der Waals surface area contributed by atoms with Gasteiger partial charge in [0.2, 0.25) is 0 Å². The molecule has 21 heavy (non-hydrogen) atoms. The number of hydrogen-bond acceptors (Lipinski definition) is 3. The third kappa shape index (κ3) is 3.64. The highest BCUT2D eigenvalue weighted by Gasteiger charge is 2.23. The normalized spacial score (nSPS) is 11.4. The van der Waals surface area contributed by atoms with Crippen molar-refractivity contribution in [2.45, 2.75) is 11.8 Å². The van der Waals surface area contributed by atoms with E-state index in [0.717, 1.165) is 0 Å². The molecule has 0 aromatic heterocycles. The number of Topliss-reactive ketones (excluding diaryl/α,β-unsaturated/α-hetero) is 1. The quantitative estimate of drug-likeness (QED) is 0.790. The number of ketones is 1. The molecule has 0 radical (unpaired) electrons. The Hall–Kier alpha value is -1.36. The molecule has 2 aromatic rings. The van der Waals surface area contributed by atoms with Gasteiger partial charge in [-0.2, -0.15) is 0 Å². The molecule has 0 fully saturated rings. The highest BCUT2D eigenvalue weighted by atomic mass is 35.5. The van der Waals surface area contributed by atoms with Crippen LogP contribution >= 0.6 is 23.2 Å². The SMILES string of the molecule is Cc1ccccc1S(=O)(=O)CC(=O)c1cc(Cl)ccc1Cl. The summed E-state index contributed by atoms with van der Waals surface area (Å²) < 4.78 is 24.7. The zero-order valence-electron chi connectivity index (χ0n) is 11.1. The zero-order valence-corrected chi connectivity index (χ0v) is 13.5. The van der Waals surface area contributed by atoms with Gasteiger partial charge >= 0.3 is 0 Å². The minimum atomic E-state index is -3.72.